The number of allylic oxidation sites excluding steroid dienone is 1. The highest BCUT2D eigenvalue weighted by molar-refractivity contribution is 5.26. The van der Waals surface area contributed by atoms with Crippen molar-refractivity contribution in [2.45, 2.75) is 13.0 Å². The van der Waals surface area contributed by atoms with Gasteiger partial charge in [-0.05, 0) is 33.2 Å². The Hall–Kier alpha value is -0.740. The lowest BCUT2D eigenvalue weighted by Crippen LogP contribution is -2.30. The van der Waals surface area contributed by atoms with Gasteiger partial charge in [0.15, 0.2) is 0 Å². The summed E-state index contributed by atoms with van der Waals surface area (Å²) in [5.41, 5.74) is 0. The normalized spacial score (nSPS) is 24.6. The summed E-state index contributed by atoms with van der Waals surface area (Å²) in [4.78, 5) is 2.16. The Morgan fingerprint density at radius 2 is 2.20 bits per heavy atom. The number of hydrogen-bond donors (Lipinski definition) is 0. The standard InChI is InChI=1S/C9H12N/c1-8(10(2)3)9-6-4-5-7-9/h4,8-9H,1-3H3/t8-,9?/m0/s1. The lowest BCUT2D eigenvalue weighted by molar-refractivity contribution is 0.283. The predicted octanol–water partition coefficient (Wildman–Crippen LogP) is 0.929. The summed E-state index contributed by atoms with van der Waals surface area (Å²) in [6, 6.07) is 0.478. The Labute approximate surface area is 62.7 Å². The molecule has 0 heterocycles. The first-order chi connectivity index (χ1) is 4.72. The van der Waals surface area contributed by atoms with E-state index in [9.17, 15) is 0 Å². The summed E-state index contributed by atoms with van der Waals surface area (Å²) in [6.45, 7) is 2.16. The Morgan fingerprint density at radius 3 is 2.60 bits per heavy atom. The van der Waals surface area contributed by atoms with Crippen LogP contribution in [0.1, 0.15) is 6.92 Å². The van der Waals surface area contributed by atoms with Crippen molar-refractivity contribution in [3.05, 3.63) is 12.2 Å². The SMILES string of the molecule is C[C@@H](C1[C]=CC#C1)N(C)C. The third-order valence-electron chi connectivity index (χ3n) is 1.87. The lowest BCUT2D eigenvalue weighted by Gasteiger charge is -2.21. The van der Waals surface area contributed by atoms with Crippen LogP contribution >= 0.6 is 0 Å². The first-order valence-electron chi connectivity index (χ1n) is 3.47. The molecule has 1 aliphatic rings. The minimum atomic E-state index is 0.315. The van der Waals surface area contributed by atoms with Crippen molar-refractivity contribution in [1.82, 2.24) is 4.90 Å². The highest BCUT2D eigenvalue weighted by Gasteiger charge is 2.15. The molecule has 2 atom stereocenters. The molecule has 1 aliphatic carbocycles. The quantitative estimate of drug-likeness (QED) is 0.508. The molecule has 0 aliphatic heterocycles. The molecule has 0 spiro atoms. The van der Waals surface area contributed by atoms with Gasteiger partial charge in [-0.2, -0.15) is 0 Å². The van der Waals surface area contributed by atoms with Crippen molar-refractivity contribution >= 4 is 0 Å². The van der Waals surface area contributed by atoms with Gasteiger partial charge < -0.3 is 4.90 Å². The Balaban J connectivity index is 2.52. The summed E-state index contributed by atoms with van der Waals surface area (Å²) in [6.07, 6.45) is 4.96. The van der Waals surface area contributed by atoms with E-state index >= 15 is 0 Å². The van der Waals surface area contributed by atoms with Crippen molar-refractivity contribution in [2.24, 2.45) is 5.92 Å². The lowest BCUT2D eigenvalue weighted by atomic mass is 10.0. The monoisotopic (exact) mass is 134 g/mol. The van der Waals surface area contributed by atoms with Crippen LogP contribution in [0.3, 0.4) is 0 Å². The zero-order valence-corrected chi connectivity index (χ0v) is 6.68. The average Bonchev–Trinajstić information content (AvgIpc) is 2.36. The molecule has 0 fully saturated rings. The van der Waals surface area contributed by atoms with Gasteiger partial charge in [-0.3, -0.25) is 0 Å². The van der Waals surface area contributed by atoms with Gasteiger partial charge in [0.1, 0.15) is 0 Å². The molecular formula is C9H12N. The maximum Gasteiger partial charge on any atom is 0.0617 e. The van der Waals surface area contributed by atoms with Crippen LogP contribution in [0.2, 0.25) is 0 Å². The fourth-order valence-electron chi connectivity index (χ4n) is 0.863. The maximum absolute atomic E-state index is 3.15. The van der Waals surface area contributed by atoms with Crippen LogP contribution in [-0.2, 0) is 0 Å². The highest BCUT2D eigenvalue weighted by atomic mass is 15.1. The summed E-state index contributed by atoms with van der Waals surface area (Å²) >= 11 is 0. The molecule has 1 radical (unpaired) electrons. The van der Waals surface area contributed by atoms with E-state index in [1.807, 2.05) is 6.08 Å². The molecule has 0 aromatic carbocycles. The molecule has 0 amide bonds. The fraction of sp³-hybridized carbons (Fsp3) is 0.556. The molecule has 0 aromatic rings. The van der Waals surface area contributed by atoms with E-state index in [-0.39, 0.29) is 0 Å². The number of nitrogens with zero attached hydrogens (tertiary/aromatic N) is 1. The van der Waals surface area contributed by atoms with Crippen LogP contribution in [0.25, 0.3) is 0 Å². The van der Waals surface area contributed by atoms with Crippen LogP contribution < -0.4 is 0 Å². The zero-order valence-electron chi connectivity index (χ0n) is 6.68. The summed E-state index contributed by atoms with van der Waals surface area (Å²) in [7, 11) is 4.12. The first-order valence-corrected chi connectivity index (χ1v) is 3.47. The Morgan fingerprint density at radius 1 is 1.50 bits per heavy atom. The molecule has 0 aromatic heterocycles. The van der Waals surface area contributed by atoms with Crippen molar-refractivity contribution in [3.63, 3.8) is 0 Å². The minimum Gasteiger partial charge on any atom is -0.305 e. The van der Waals surface area contributed by atoms with E-state index in [4.69, 9.17) is 0 Å². The fourth-order valence-corrected chi connectivity index (χ4v) is 0.863. The highest BCUT2D eigenvalue weighted by Crippen LogP contribution is 2.10. The predicted molar refractivity (Wildman–Crippen MR) is 42.2 cm³/mol. The first kappa shape index (κ1) is 7.37. The second-order valence-electron chi connectivity index (χ2n) is 2.78. The third kappa shape index (κ3) is 1.40. The minimum absolute atomic E-state index is 0.315. The van der Waals surface area contributed by atoms with Gasteiger partial charge in [0.25, 0.3) is 0 Å². The van der Waals surface area contributed by atoms with Gasteiger partial charge in [0, 0.05) is 6.04 Å². The molecule has 0 N–H and O–H groups in total. The Bertz CT molecular complexity index is 193. The van der Waals surface area contributed by atoms with E-state index in [1.54, 1.807) is 0 Å². The topological polar surface area (TPSA) is 3.24 Å². The Kier molecular flexibility index (Phi) is 2.13. The number of rotatable bonds is 2. The second-order valence-corrected chi connectivity index (χ2v) is 2.78. The van der Waals surface area contributed by atoms with Crippen molar-refractivity contribution < 1.29 is 0 Å². The second kappa shape index (κ2) is 2.90. The van der Waals surface area contributed by atoms with Crippen LogP contribution in [0.5, 0.6) is 0 Å². The molecule has 1 rings (SSSR count). The van der Waals surface area contributed by atoms with Crippen molar-refractivity contribution in [2.75, 3.05) is 14.1 Å². The van der Waals surface area contributed by atoms with Gasteiger partial charge in [-0.15, -0.1) is 0 Å². The van der Waals surface area contributed by atoms with Gasteiger partial charge in [-0.1, -0.05) is 11.8 Å². The van der Waals surface area contributed by atoms with Crippen LogP contribution in [0, 0.1) is 23.8 Å². The van der Waals surface area contributed by atoms with E-state index < -0.39 is 0 Å². The van der Waals surface area contributed by atoms with Gasteiger partial charge >= 0.3 is 0 Å². The van der Waals surface area contributed by atoms with Crippen LogP contribution in [0.15, 0.2) is 6.08 Å². The smallest absolute Gasteiger partial charge is 0.0617 e. The van der Waals surface area contributed by atoms with Crippen molar-refractivity contribution in [1.29, 1.82) is 0 Å². The molecule has 0 saturated carbocycles. The molecule has 0 saturated heterocycles. The van der Waals surface area contributed by atoms with Crippen molar-refractivity contribution in [3.8, 4) is 11.8 Å². The van der Waals surface area contributed by atoms with Gasteiger partial charge in [0.05, 0.1) is 5.92 Å². The molecule has 10 heavy (non-hydrogen) atoms. The largest absolute Gasteiger partial charge is 0.305 e. The van der Waals surface area contributed by atoms with E-state index in [0.29, 0.717) is 12.0 Å². The molecule has 1 nitrogen and oxygen atoms in total. The molecule has 0 bridgehead atoms. The van der Waals surface area contributed by atoms with Gasteiger partial charge in [-0.25, -0.2) is 0 Å². The van der Waals surface area contributed by atoms with Crippen LogP contribution in [-0.4, -0.2) is 25.0 Å². The molecule has 1 unspecified atom stereocenters. The van der Waals surface area contributed by atoms with Gasteiger partial charge in [0.2, 0.25) is 0 Å². The van der Waals surface area contributed by atoms with E-state index in [1.165, 1.54) is 0 Å². The summed E-state index contributed by atoms with van der Waals surface area (Å²) in [5.74, 6) is 6.29. The molecular weight excluding hydrogens is 122 g/mol. The number of hydrogen-bond acceptors (Lipinski definition) is 1. The summed E-state index contributed by atoms with van der Waals surface area (Å²) in [5, 5.41) is 0. The zero-order chi connectivity index (χ0) is 7.56. The van der Waals surface area contributed by atoms with E-state index in [2.05, 4.69) is 43.8 Å². The molecule has 1 heteroatoms. The average molecular weight is 134 g/mol. The maximum atomic E-state index is 3.15. The summed E-state index contributed by atoms with van der Waals surface area (Å²) < 4.78 is 0. The molecule has 53 valence electrons. The van der Waals surface area contributed by atoms with Crippen LogP contribution in [0.4, 0.5) is 0 Å². The third-order valence-corrected chi connectivity index (χ3v) is 1.87. The van der Waals surface area contributed by atoms with E-state index in [0.717, 1.165) is 0 Å².